The van der Waals surface area contributed by atoms with Crippen molar-refractivity contribution in [1.29, 1.82) is 0 Å². The lowest BCUT2D eigenvalue weighted by atomic mass is 10.1. The molecule has 0 fully saturated rings. The fourth-order valence-corrected chi connectivity index (χ4v) is 2.24. The molecule has 1 atom stereocenters. The number of hydrogen-bond donors (Lipinski definition) is 1. The summed E-state index contributed by atoms with van der Waals surface area (Å²) in [5.74, 6) is -1.35. The highest BCUT2D eigenvalue weighted by Crippen LogP contribution is 2.07. The van der Waals surface area contributed by atoms with Crippen LogP contribution in [-0.4, -0.2) is 49.4 Å². The number of nitrogens with one attached hydrogen (secondary N) is 1. The molecular weight excluding hydrogens is 332 g/mol. The van der Waals surface area contributed by atoms with Crippen molar-refractivity contribution >= 4 is 17.8 Å². The Morgan fingerprint density at radius 3 is 2.12 bits per heavy atom. The van der Waals surface area contributed by atoms with Crippen molar-refractivity contribution < 1.29 is 19.1 Å². The van der Waals surface area contributed by atoms with Gasteiger partial charge in [0.15, 0.2) is 6.61 Å². The molecule has 0 aliphatic carbocycles. The highest BCUT2D eigenvalue weighted by Gasteiger charge is 2.24. The minimum absolute atomic E-state index is 0.272. The Labute approximate surface area is 152 Å². The predicted molar refractivity (Wildman–Crippen MR) is 97.5 cm³/mol. The van der Waals surface area contributed by atoms with Gasteiger partial charge in [-0.1, -0.05) is 48.5 Å². The van der Waals surface area contributed by atoms with Gasteiger partial charge < -0.3 is 15.0 Å². The van der Waals surface area contributed by atoms with Crippen LogP contribution in [0.5, 0.6) is 0 Å². The number of carbonyl (C=O) groups excluding carboxylic acids is 3. The molecule has 0 saturated heterocycles. The molecule has 2 amide bonds. The van der Waals surface area contributed by atoms with Gasteiger partial charge in [0.1, 0.15) is 6.04 Å². The molecular formula is C20H22N2O4. The summed E-state index contributed by atoms with van der Waals surface area (Å²) in [5.41, 5.74) is 1.32. The molecule has 0 aliphatic rings. The van der Waals surface area contributed by atoms with Crippen LogP contribution in [0, 0.1) is 0 Å². The van der Waals surface area contributed by atoms with Crippen molar-refractivity contribution in [2.45, 2.75) is 12.5 Å². The predicted octanol–water partition coefficient (Wildman–Crippen LogP) is 1.66. The molecule has 0 spiro atoms. The van der Waals surface area contributed by atoms with Crippen molar-refractivity contribution in [3.05, 3.63) is 71.8 Å². The second-order valence-electron chi connectivity index (χ2n) is 5.98. The topological polar surface area (TPSA) is 75.7 Å². The van der Waals surface area contributed by atoms with E-state index < -0.39 is 12.0 Å². The Balaban J connectivity index is 2.09. The molecule has 0 aromatic heterocycles. The summed E-state index contributed by atoms with van der Waals surface area (Å²) in [5, 5.41) is 2.70. The minimum Gasteiger partial charge on any atom is -0.454 e. The number of nitrogens with zero attached hydrogens (tertiary/aromatic N) is 1. The summed E-state index contributed by atoms with van der Waals surface area (Å²) >= 11 is 0. The average molecular weight is 354 g/mol. The number of amides is 2. The number of esters is 1. The summed E-state index contributed by atoms with van der Waals surface area (Å²) in [6.07, 6.45) is 0.272. The Morgan fingerprint density at radius 1 is 0.962 bits per heavy atom. The quantitative estimate of drug-likeness (QED) is 0.768. The van der Waals surface area contributed by atoms with Crippen LogP contribution in [0.15, 0.2) is 60.7 Å². The Kier molecular flexibility index (Phi) is 6.91. The van der Waals surface area contributed by atoms with Gasteiger partial charge in [0.25, 0.3) is 11.8 Å². The molecule has 0 heterocycles. The Bertz CT molecular complexity index is 745. The van der Waals surface area contributed by atoms with E-state index in [4.69, 9.17) is 4.74 Å². The third kappa shape index (κ3) is 5.73. The molecule has 0 radical (unpaired) electrons. The minimum atomic E-state index is -0.889. The first-order valence-electron chi connectivity index (χ1n) is 8.24. The molecule has 2 aromatic carbocycles. The standard InChI is InChI=1S/C20H22N2O4/c1-22(2)18(23)14-26-20(25)17(13-15-9-5-3-6-10-15)21-19(24)16-11-7-4-8-12-16/h3-12,17H,13-14H2,1-2H3,(H,21,24)/t17-/m1/s1. The van der Waals surface area contributed by atoms with Gasteiger partial charge in [0.2, 0.25) is 0 Å². The summed E-state index contributed by atoms with van der Waals surface area (Å²) in [6.45, 7) is -0.363. The van der Waals surface area contributed by atoms with Crippen LogP contribution in [0.2, 0.25) is 0 Å². The maximum absolute atomic E-state index is 12.4. The normalized spacial score (nSPS) is 11.3. The molecule has 0 unspecified atom stereocenters. The molecule has 2 aromatic rings. The molecule has 6 nitrogen and oxygen atoms in total. The van der Waals surface area contributed by atoms with Gasteiger partial charge in [-0.3, -0.25) is 9.59 Å². The van der Waals surface area contributed by atoms with E-state index in [1.807, 2.05) is 30.3 Å². The second kappa shape index (κ2) is 9.36. The number of carbonyl (C=O) groups is 3. The lowest BCUT2D eigenvalue weighted by Crippen LogP contribution is -2.44. The van der Waals surface area contributed by atoms with E-state index in [1.54, 1.807) is 44.4 Å². The van der Waals surface area contributed by atoms with Gasteiger partial charge >= 0.3 is 5.97 Å². The van der Waals surface area contributed by atoms with Crippen LogP contribution in [0.25, 0.3) is 0 Å². The highest BCUT2D eigenvalue weighted by molar-refractivity contribution is 5.97. The van der Waals surface area contributed by atoms with E-state index >= 15 is 0 Å². The van der Waals surface area contributed by atoms with Crippen LogP contribution in [0.1, 0.15) is 15.9 Å². The zero-order chi connectivity index (χ0) is 18.9. The fraction of sp³-hybridized carbons (Fsp3) is 0.250. The average Bonchev–Trinajstić information content (AvgIpc) is 2.66. The molecule has 2 rings (SSSR count). The highest BCUT2D eigenvalue weighted by atomic mass is 16.5. The Hall–Kier alpha value is -3.15. The van der Waals surface area contributed by atoms with Gasteiger partial charge in [-0.2, -0.15) is 0 Å². The van der Waals surface area contributed by atoms with Crippen molar-refractivity contribution in [1.82, 2.24) is 10.2 Å². The summed E-state index contributed by atoms with van der Waals surface area (Å²) < 4.78 is 5.09. The fourth-order valence-electron chi connectivity index (χ4n) is 2.24. The molecule has 0 saturated carbocycles. The smallest absolute Gasteiger partial charge is 0.329 e. The van der Waals surface area contributed by atoms with Crippen LogP contribution >= 0.6 is 0 Å². The first-order chi connectivity index (χ1) is 12.5. The van der Waals surface area contributed by atoms with Crippen molar-refractivity contribution in [2.75, 3.05) is 20.7 Å². The van der Waals surface area contributed by atoms with Gasteiger partial charge in [-0.05, 0) is 17.7 Å². The van der Waals surface area contributed by atoms with Crippen molar-refractivity contribution in [3.8, 4) is 0 Å². The van der Waals surface area contributed by atoms with E-state index in [2.05, 4.69) is 5.32 Å². The number of ether oxygens (including phenoxy) is 1. The third-order valence-electron chi connectivity index (χ3n) is 3.75. The van der Waals surface area contributed by atoms with E-state index in [0.29, 0.717) is 5.56 Å². The maximum atomic E-state index is 12.4. The van der Waals surface area contributed by atoms with Crippen molar-refractivity contribution in [3.63, 3.8) is 0 Å². The van der Waals surface area contributed by atoms with Crippen LogP contribution in [-0.2, 0) is 20.7 Å². The number of likely N-dealkylation sites (N-methyl/N-ethyl adjacent to an activating group) is 1. The molecule has 0 aliphatic heterocycles. The van der Waals surface area contributed by atoms with E-state index in [9.17, 15) is 14.4 Å². The van der Waals surface area contributed by atoms with Gasteiger partial charge in [0, 0.05) is 26.1 Å². The second-order valence-corrected chi connectivity index (χ2v) is 5.98. The lowest BCUT2D eigenvalue weighted by Gasteiger charge is -2.18. The van der Waals surface area contributed by atoms with Crippen LogP contribution < -0.4 is 5.32 Å². The maximum Gasteiger partial charge on any atom is 0.329 e. The van der Waals surface area contributed by atoms with E-state index in [0.717, 1.165) is 5.56 Å². The van der Waals surface area contributed by atoms with Gasteiger partial charge in [-0.25, -0.2) is 4.79 Å². The molecule has 1 N–H and O–H groups in total. The lowest BCUT2D eigenvalue weighted by molar-refractivity contribution is -0.152. The number of hydrogen-bond acceptors (Lipinski definition) is 4. The van der Waals surface area contributed by atoms with Gasteiger partial charge in [-0.15, -0.1) is 0 Å². The molecule has 6 heteroatoms. The summed E-state index contributed by atoms with van der Waals surface area (Å²) in [4.78, 5) is 37.8. The summed E-state index contributed by atoms with van der Waals surface area (Å²) in [7, 11) is 3.16. The zero-order valence-corrected chi connectivity index (χ0v) is 14.8. The molecule has 136 valence electrons. The largest absolute Gasteiger partial charge is 0.454 e. The van der Waals surface area contributed by atoms with Crippen molar-refractivity contribution in [2.24, 2.45) is 0 Å². The van der Waals surface area contributed by atoms with Crippen LogP contribution in [0.4, 0.5) is 0 Å². The van der Waals surface area contributed by atoms with E-state index in [-0.39, 0.29) is 24.8 Å². The number of benzene rings is 2. The molecule has 0 bridgehead atoms. The third-order valence-corrected chi connectivity index (χ3v) is 3.75. The van der Waals surface area contributed by atoms with Gasteiger partial charge in [0.05, 0.1) is 0 Å². The summed E-state index contributed by atoms with van der Waals surface area (Å²) in [6, 6.07) is 17.0. The SMILES string of the molecule is CN(C)C(=O)COC(=O)[C@@H](Cc1ccccc1)NC(=O)c1ccccc1. The number of rotatable bonds is 7. The van der Waals surface area contributed by atoms with Crippen LogP contribution in [0.3, 0.4) is 0 Å². The molecule has 26 heavy (non-hydrogen) atoms. The Morgan fingerprint density at radius 2 is 1.54 bits per heavy atom. The zero-order valence-electron chi connectivity index (χ0n) is 14.8. The monoisotopic (exact) mass is 354 g/mol. The first-order valence-corrected chi connectivity index (χ1v) is 8.24. The first kappa shape index (κ1) is 19.2. The van der Waals surface area contributed by atoms with E-state index in [1.165, 1.54) is 4.90 Å².